The number of hydrogen-bond acceptors (Lipinski definition) is 4. The molecule has 0 aromatic heterocycles. The van der Waals surface area contributed by atoms with E-state index in [1.54, 1.807) is 18.2 Å². The molecule has 0 radical (unpaired) electrons. The number of benzene rings is 1. The van der Waals surface area contributed by atoms with Crippen LogP contribution >= 0.6 is 11.6 Å². The van der Waals surface area contributed by atoms with Gasteiger partial charge in [0.15, 0.2) is 0 Å². The van der Waals surface area contributed by atoms with E-state index in [1.165, 1.54) is 18.4 Å². The van der Waals surface area contributed by atoms with E-state index in [4.69, 9.17) is 11.6 Å². The SMILES string of the molecule is CN1C(=O)C(S(=O)(=O)N2CC(C)(C)c3c(Cl)cccc32)C=[N+](C)C1=O. The lowest BCUT2D eigenvalue weighted by Gasteiger charge is -2.26. The first kappa shape index (κ1) is 17.9. The summed E-state index contributed by atoms with van der Waals surface area (Å²) >= 11 is 6.29. The maximum Gasteiger partial charge on any atom is 0.500 e. The summed E-state index contributed by atoms with van der Waals surface area (Å²) in [5.74, 6) is -0.767. The van der Waals surface area contributed by atoms with Gasteiger partial charge in [-0.1, -0.05) is 31.5 Å². The van der Waals surface area contributed by atoms with Crippen LogP contribution in [-0.4, -0.2) is 61.9 Å². The van der Waals surface area contributed by atoms with Crippen LogP contribution in [0.4, 0.5) is 10.5 Å². The van der Waals surface area contributed by atoms with E-state index in [9.17, 15) is 18.0 Å². The second-order valence-corrected chi connectivity index (χ2v) is 9.32. The van der Waals surface area contributed by atoms with E-state index in [-0.39, 0.29) is 6.54 Å². The van der Waals surface area contributed by atoms with Gasteiger partial charge < -0.3 is 0 Å². The first-order valence-electron chi connectivity index (χ1n) is 7.68. The van der Waals surface area contributed by atoms with Crippen LogP contribution in [0, 0.1) is 0 Å². The molecule has 2 heterocycles. The molecule has 9 heteroatoms. The van der Waals surface area contributed by atoms with E-state index in [1.807, 2.05) is 13.8 Å². The molecule has 2 aliphatic rings. The lowest BCUT2D eigenvalue weighted by molar-refractivity contribution is -0.399. The van der Waals surface area contributed by atoms with Crippen LogP contribution in [0.15, 0.2) is 18.2 Å². The summed E-state index contributed by atoms with van der Waals surface area (Å²) in [5, 5.41) is -0.968. The Balaban J connectivity index is 2.14. The topological polar surface area (TPSA) is 77.8 Å². The molecule has 134 valence electrons. The summed E-state index contributed by atoms with van der Waals surface area (Å²) in [4.78, 5) is 25.1. The monoisotopic (exact) mass is 384 g/mol. The molecule has 2 aliphatic heterocycles. The molecule has 0 bridgehead atoms. The molecule has 0 saturated heterocycles. The molecule has 7 nitrogen and oxygen atoms in total. The van der Waals surface area contributed by atoms with Crippen molar-refractivity contribution in [1.29, 1.82) is 0 Å². The smallest absolute Gasteiger partial charge is 0.268 e. The molecule has 0 N–H and O–H groups in total. The third kappa shape index (κ3) is 2.55. The molecule has 0 spiro atoms. The highest BCUT2D eigenvalue weighted by Gasteiger charge is 2.51. The highest BCUT2D eigenvalue weighted by molar-refractivity contribution is 7.94. The van der Waals surface area contributed by atoms with Crippen molar-refractivity contribution < 1.29 is 22.6 Å². The average Bonchev–Trinajstić information content (AvgIpc) is 2.82. The Morgan fingerprint density at radius 3 is 2.56 bits per heavy atom. The number of rotatable bonds is 2. The Morgan fingerprint density at radius 1 is 1.28 bits per heavy atom. The van der Waals surface area contributed by atoms with Gasteiger partial charge in [-0.2, -0.15) is 9.69 Å². The first-order valence-corrected chi connectivity index (χ1v) is 9.56. The maximum atomic E-state index is 13.2. The van der Waals surface area contributed by atoms with Crippen LogP contribution in [0.5, 0.6) is 0 Å². The van der Waals surface area contributed by atoms with Crippen LogP contribution < -0.4 is 4.31 Å². The number of urea groups is 1. The lowest BCUT2D eigenvalue weighted by atomic mass is 9.87. The zero-order valence-electron chi connectivity index (χ0n) is 14.4. The fourth-order valence-corrected chi connectivity index (χ4v) is 5.71. The highest BCUT2D eigenvalue weighted by atomic mass is 35.5. The van der Waals surface area contributed by atoms with Gasteiger partial charge in [0, 0.05) is 22.5 Å². The van der Waals surface area contributed by atoms with Gasteiger partial charge >= 0.3 is 11.9 Å². The fourth-order valence-electron chi connectivity index (χ4n) is 3.33. The van der Waals surface area contributed by atoms with E-state index in [2.05, 4.69) is 0 Å². The molecule has 1 aromatic carbocycles. The Hall–Kier alpha value is -1.93. The van der Waals surface area contributed by atoms with Gasteiger partial charge in [-0.3, -0.25) is 4.31 Å². The average molecular weight is 385 g/mol. The van der Waals surface area contributed by atoms with Crippen LogP contribution in [0.2, 0.25) is 5.02 Å². The number of halogens is 1. The Bertz CT molecular complexity index is 923. The third-order valence-electron chi connectivity index (χ3n) is 4.63. The Kier molecular flexibility index (Phi) is 3.96. The number of imide groups is 1. The second-order valence-electron chi connectivity index (χ2n) is 6.93. The van der Waals surface area contributed by atoms with Crippen molar-refractivity contribution in [2.24, 2.45) is 0 Å². The molecule has 1 aromatic rings. The molecule has 3 amide bonds. The molecule has 3 rings (SSSR count). The normalized spacial score (nSPS) is 22.9. The number of amides is 3. The van der Waals surface area contributed by atoms with Gasteiger partial charge in [-0.05, 0) is 12.1 Å². The molecule has 1 atom stereocenters. The predicted octanol–water partition coefficient (Wildman–Crippen LogP) is 1.44. The van der Waals surface area contributed by atoms with Gasteiger partial charge in [0.2, 0.25) is 5.25 Å². The number of anilines is 1. The number of fused-ring (bicyclic) bond motifs is 1. The molecule has 0 aliphatic carbocycles. The Morgan fingerprint density at radius 2 is 1.92 bits per heavy atom. The molecule has 0 saturated carbocycles. The quantitative estimate of drug-likeness (QED) is 0.723. The summed E-state index contributed by atoms with van der Waals surface area (Å²) < 4.78 is 28.8. The molecule has 0 fully saturated rings. The van der Waals surface area contributed by atoms with Crippen LogP contribution in [0.3, 0.4) is 0 Å². The third-order valence-corrected chi connectivity index (χ3v) is 6.85. The summed E-state index contributed by atoms with van der Waals surface area (Å²) in [7, 11) is -1.37. The van der Waals surface area contributed by atoms with Gasteiger partial charge in [0.25, 0.3) is 10.0 Å². The van der Waals surface area contributed by atoms with Gasteiger partial charge in [0.1, 0.15) is 6.21 Å². The summed E-state index contributed by atoms with van der Waals surface area (Å²) in [6, 6.07) is 4.51. The van der Waals surface area contributed by atoms with Crippen molar-refractivity contribution in [3.8, 4) is 0 Å². The van der Waals surface area contributed by atoms with Crippen LogP contribution in [0.25, 0.3) is 0 Å². The van der Waals surface area contributed by atoms with Crippen molar-refractivity contribution in [3.05, 3.63) is 28.8 Å². The minimum Gasteiger partial charge on any atom is -0.268 e. The van der Waals surface area contributed by atoms with Gasteiger partial charge in [0.05, 0.1) is 19.8 Å². The zero-order chi connectivity index (χ0) is 18.7. The molecular formula is C16H19ClN3O4S+. The maximum absolute atomic E-state index is 13.2. The van der Waals surface area contributed by atoms with Crippen LogP contribution in [0.1, 0.15) is 19.4 Å². The summed E-state index contributed by atoms with van der Waals surface area (Å²) in [5.41, 5.74) is 0.716. The van der Waals surface area contributed by atoms with E-state index in [0.29, 0.717) is 10.7 Å². The lowest BCUT2D eigenvalue weighted by Crippen LogP contribution is -2.56. The number of nitrogens with zero attached hydrogens (tertiary/aromatic N) is 3. The van der Waals surface area contributed by atoms with Crippen molar-refractivity contribution in [3.63, 3.8) is 0 Å². The van der Waals surface area contributed by atoms with E-state index < -0.39 is 32.6 Å². The number of sulfonamides is 1. The van der Waals surface area contributed by atoms with E-state index in [0.717, 1.165) is 21.3 Å². The summed E-state index contributed by atoms with van der Waals surface area (Å²) in [6.07, 6.45) is 1.15. The largest absolute Gasteiger partial charge is 0.500 e. The number of carbonyl (C=O) groups is 2. The molecule has 1 unspecified atom stereocenters. The fraction of sp³-hybridized carbons (Fsp3) is 0.438. The minimum absolute atomic E-state index is 0.174. The van der Waals surface area contributed by atoms with Crippen molar-refractivity contribution in [2.45, 2.75) is 24.5 Å². The standard InChI is InChI=1S/C16H19ClN3O4S/c1-16(2)9-20(11-7-5-6-10(17)13(11)16)25(23,24)12-8-18(3)15(22)19(4)14(12)21/h5-8,12H,9H2,1-4H3/q+1. The van der Waals surface area contributed by atoms with Crippen LogP contribution in [-0.2, 0) is 20.2 Å². The van der Waals surface area contributed by atoms with Crippen molar-refractivity contribution in [1.82, 2.24) is 4.90 Å². The predicted molar refractivity (Wildman–Crippen MR) is 94.9 cm³/mol. The number of carbonyl (C=O) groups excluding carboxylic acids is 2. The summed E-state index contributed by atoms with van der Waals surface area (Å²) in [6.45, 7) is 3.98. The van der Waals surface area contributed by atoms with Crippen molar-refractivity contribution >= 4 is 45.5 Å². The first-order chi connectivity index (χ1) is 11.5. The Labute approximate surface area is 151 Å². The highest BCUT2D eigenvalue weighted by Crippen LogP contribution is 2.46. The second kappa shape index (κ2) is 5.54. The zero-order valence-corrected chi connectivity index (χ0v) is 15.9. The molecule has 25 heavy (non-hydrogen) atoms. The molecular weight excluding hydrogens is 366 g/mol. The van der Waals surface area contributed by atoms with Crippen molar-refractivity contribution in [2.75, 3.05) is 24.9 Å². The minimum atomic E-state index is -4.07. The van der Waals surface area contributed by atoms with Gasteiger partial charge in [-0.25, -0.2) is 17.8 Å². The van der Waals surface area contributed by atoms with E-state index >= 15 is 0 Å². The number of hydrogen-bond donors (Lipinski definition) is 0. The van der Waals surface area contributed by atoms with Gasteiger partial charge in [-0.15, -0.1) is 0 Å².